The van der Waals surface area contributed by atoms with Gasteiger partial charge in [0.15, 0.2) is 0 Å². The molecule has 5 nitrogen and oxygen atoms in total. The Bertz CT molecular complexity index is 3970. The average Bonchev–Trinajstić information content (AvgIpc) is 3.91. The minimum atomic E-state index is -0.0579. The molecule has 0 atom stereocenters. The summed E-state index contributed by atoms with van der Waals surface area (Å²) >= 11 is 0. The maximum absolute atomic E-state index is 11.2. The van der Waals surface area contributed by atoms with Crippen LogP contribution in [0.5, 0.6) is 5.75 Å². The van der Waals surface area contributed by atoms with Gasteiger partial charge in [0.2, 0.25) is 0 Å². The van der Waals surface area contributed by atoms with Gasteiger partial charge in [-0.15, -0.1) is 24.3 Å². The van der Waals surface area contributed by atoms with Gasteiger partial charge in [0.05, 0.1) is 27.8 Å². The number of fused-ring (bicyclic) bond motifs is 6. The molecule has 0 aliphatic rings. The van der Waals surface area contributed by atoms with Crippen molar-refractivity contribution < 1.29 is 26.2 Å². The molecule has 354 valence electrons. The van der Waals surface area contributed by atoms with Gasteiger partial charge in [-0.25, -0.2) is 0 Å². The van der Waals surface area contributed by atoms with Crippen molar-refractivity contribution in [3.05, 3.63) is 224 Å². The minimum Gasteiger partial charge on any atom is -0.507 e. The Labute approximate surface area is 435 Å². The molecule has 0 unspecified atom stereocenters. The predicted octanol–water partition coefficient (Wildman–Crippen LogP) is 17.1. The van der Waals surface area contributed by atoms with Crippen LogP contribution in [0.15, 0.2) is 206 Å². The van der Waals surface area contributed by atoms with Gasteiger partial charge in [0.25, 0.3) is 0 Å². The molecule has 0 saturated heterocycles. The van der Waals surface area contributed by atoms with E-state index in [1.165, 1.54) is 43.7 Å². The van der Waals surface area contributed by atoms with Crippen molar-refractivity contribution in [1.82, 2.24) is 19.1 Å². The van der Waals surface area contributed by atoms with Gasteiger partial charge in [-0.05, 0) is 99.3 Å². The molecule has 0 aliphatic carbocycles. The number of rotatable bonds is 7. The Balaban J connectivity index is 0.00000560. The second kappa shape index (κ2) is 18.1. The van der Waals surface area contributed by atoms with Crippen LogP contribution in [0.1, 0.15) is 52.7 Å². The molecule has 12 aromatic rings. The van der Waals surface area contributed by atoms with E-state index < -0.39 is 0 Å². The molecular weight excluding hydrogens is 1060 g/mol. The van der Waals surface area contributed by atoms with Gasteiger partial charge in [-0.3, -0.25) is 9.97 Å². The Morgan fingerprint density at radius 2 is 0.903 bits per heavy atom. The quantitative estimate of drug-likeness (QED) is 0.162. The van der Waals surface area contributed by atoms with Crippen molar-refractivity contribution in [2.75, 3.05) is 0 Å². The van der Waals surface area contributed by atoms with Crippen LogP contribution < -0.4 is 0 Å². The summed E-state index contributed by atoms with van der Waals surface area (Å²) in [4.78, 5) is 10.2. The van der Waals surface area contributed by atoms with Gasteiger partial charge in [0, 0.05) is 82.7 Å². The van der Waals surface area contributed by atoms with Gasteiger partial charge in [-0.1, -0.05) is 174 Å². The zero-order valence-corrected chi connectivity index (χ0v) is 43.5. The van der Waals surface area contributed by atoms with Gasteiger partial charge >= 0.3 is 0 Å². The summed E-state index contributed by atoms with van der Waals surface area (Å²) in [7, 11) is 0. The fraction of sp³-hybridized carbons (Fsp3) is 0.121. The van der Waals surface area contributed by atoms with E-state index in [4.69, 9.17) is 9.97 Å². The van der Waals surface area contributed by atoms with E-state index in [9.17, 15) is 5.11 Å². The predicted molar refractivity (Wildman–Crippen MR) is 296 cm³/mol. The standard InChI is InChI=1S/C66H53N4O.Pt/c1-65(2,3)47-35-45(36-48(40-47)66(4,5)6)46-38-58(68-59(39-46)56-25-10-14-31-63(56)71)44-19-15-18-43(34-44)57-37-42(32-33-67-57)51-26-17-27-55-54-24-9-13-30-62(54)70(64(51)55)50-21-16-20-49(41-50)69-60-28-11-7-22-52(60)53-23-8-12-29-61(53)69;/h7-33,35-41,71H,1-6H3;/q-1;. The normalized spacial score (nSPS) is 12.0. The fourth-order valence-electron chi connectivity index (χ4n) is 10.3. The second-order valence-electron chi connectivity index (χ2n) is 20.8. The molecule has 6 heteroatoms. The summed E-state index contributed by atoms with van der Waals surface area (Å²) in [5, 5.41) is 16.0. The van der Waals surface area contributed by atoms with Crippen LogP contribution in [0, 0.1) is 6.07 Å². The van der Waals surface area contributed by atoms with Crippen molar-refractivity contribution >= 4 is 43.6 Å². The third-order valence-electron chi connectivity index (χ3n) is 14.0. The Kier molecular flexibility index (Phi) is 11.7. The van der Waals surface area contributed by atoms with Crippen LogP contribution >= 0.6 is 0 Å². The summed E-state index contributed by atoms with van der Waals surface area (Å²) in [6, 6.07) is 74.5. The van der Waals surface area contributed by atoms with E-state index in [1.807, 2.05) is 24.4 Å². The number of aromatic nitrogens is 4. The summed E-state index contributed by atoms with van der Waals surface area (Å²) in [6.45, 7) is 13.6. The number of nitrogens with zero attached hydrogens (tertiary/aromatic N) is 4. The molecule has 4 aromatic heterocycles. The summed E-state index contributed by atoms with van der Waals surface area (Å²) in [6.07, 6.45) is 1.91. The van der Waals surface area contributed by atoms with Crippen molar-refractivity contribution in [1.29, 1.82) is 0 Å². The van der Waals surface area contributed by atoms with E-state index >= 15 is 0 Å². The van der Waals surface area contributed by atoms with Crippen LogP contribution in [0.2, 0.25) is 0 Å². The summed E-state index contributed by atoms with van der Waals surface area (Å²) in [5.74, 6) is 0.186. The first-order valence-electron chi connectivity index (χ1n) is 24.4. The topological polar surface area (TPSA) is 55.9 Å². The molecule has 0 amide bonds. The van der Waals surface area contributed by atoms with E-state index in [-0.39, 0.29) is 37.6 Å². The molecule has 0 saturated carbocycles. The zero-order valence-electron chi connectivity index (χ0n) is 41.2. The van der Waals surface area contributed by atoms with Gasteiger partial charge in [0.1, 0.15) is 5.75 Å². The molecule has 12 rings (SSSR count). The van der Waals surface area contributed by atoms with Crippen LogP contribution in [-0.4, -0.2) is 24.2 Å². The molecule has 4 heterocycles. The first-order valence-corrected chi connectivity index (χ1v) is 24.4. The number of phenolic OH excluding ortho intramolecular Hbond substituents is 1. The molecular formula is C66H53N4OPt-. The number of hydrogen-bond acceptors (Lipinski definition) is 3. The number of pyridine rings is 2. The largest absolute Gasteiger partial charge is 0.507 e. The summed E-state index contributed by atoms with van der Waals surface area (Å²) < 4.78 is 4.81. The summed E-state index contributed by atoms with van der Waals surface area (Å²) in [5.41, 5.74) is 18.2. The van der Waals surface area contributed by atoms with Gasteiger partial charge < -0.3 is 14.2 Å². The number of para-hydroxylation sites is 5. The Morgan fingerprint density at radius 3 is 1.56 bits per heavy atom. The number of benzene rings is 8. The number of phenols is 1. The third kappa shape index (κ3) is 8.22. The molecule has 8 aromatic carbocycles. The number of aromatic hydroxyl groups is 1. The SMILES string of the molecule is CC(C)(C)c1cc(-c2cc(-c3[c-]c(-c4cc(-c5cccc6c7ccccc7n(-c7cccc(-n8c9ccccc9c9ccccc98)c7)c56)ccn4)ccc3)nc(-c3ccccc3O)c2)cc(C(C)(C)C)c1.[Pt]. The van der Waals surface area contributed by atoms with Crippen LogP contribution in [-0.2, 0) is 31.9 Å². The van der Waals surface area contributed by atoms with E-state index in [0.717, 1.165) is 67.2 Å². The monoisotopic (exact) mass is 1110 g/mol. The molecule has 0 aliphatic heterocycles. The van der Waals surface area contributed by atoms with Crippen LogP contribution in [0.25, 0.3) is 111 Å². The third-order valence-corrected chi connectivity index (χ3v) is 14.0. The molecule has 72 heavy (non-hydrogen) atoms. The smallest absolute Gasteiger partial charge is 0.124 e. The van der Waals surface area contributed by atoms with E-state index in [0.29, 0.717) is 11.3 Å². The second-order valence-corrected chi connectivity index (χ2v) is 20.8. The first-order chi connectivity index (χ1) is 34.4. The zero-order chi connectivity index (χ0) is 48.6. The van der Waals surface area contributed by atoms with Gasteiger partial charge in [-0.2, -0.15) is 0 Å². The fourth-order valence-corrected chi connectivity index (χ4v) is 10.3. The first kappa shape index (κ1) is 46.5. The molecule has 0 spiro atoms. The van der Waals surface area contributed by atoms with Crippen molar-refractivity contribution in [2.45, 2.75) is 52.4 Å². The van der Waals surface area contributed by atoms with E-state index in [1.54, 1.807) is 6.07 Å². The van der Waals surface area contributed by atoms with Crippen molar-refractivity contribution in [3.8, 4) is 73.2 Å². The Hall–Kier alpha value is -7.85. The molecule has 0 radical (unpaired) electrons. The molecule has 1 N–H and O–H groups in total. The van der Waals surface area contributed by atoms with Crippen molar-refractivity contribution in [2.24, 2.45) is 0 Å². The minimum absolute atomic E-state index is 0. The van der Waals surface area contributed by atoms with Crippen LogP contribution in [0.4, 0.5) is 0 Å². The maximum Gasteiger partial charge on any atom is 0.124 e. The van der Waals surface area contributed by atoms with Crippen LogP contribution in [0.3, 0.4) is 0 Å². The van der Waals surface area contributed by atoms with Crippen molar-refractivity contribution in [3.63, 3.8) is 0 Å². The average molecular weight is 1110 g/mol. The Morgan fingerprint density at radius 1 is 0.417 bits per heavy atom. The molecule has 0 bridgehead atoms. The molecule has 0 fully saturated rings. The van der Waals surface area contributed by atoms with E-state index in [2.05, 4.69) is 233 Å². The number of hydrogen-bond donors (Lipinski definition) is 1. The maximum atomic E-state index is 11.2.